The molecule has 0 radical (unpaired) electrons. The first-order chi connectivity index (χ1) is 14.8. The zero-order valence-electron chi connectivity index (χ0n) is 17.8. The summed E-state index contributed by atoms with van der Waals surface area (Å²) in [4.78, 5) is 3.73. The molecule has 1 fully saturated rings. The van der Waals surface area contributed by atoms with E-state index >= 15 is 0 Å². The van der Waals surface area contributed by atoms with Crippen LogP contribution in [0, 0.1) is 0 Å². The fraction of sp³-hybridized carbons (Fsp3) is 0.440. The van der Waals surface area contributed by atoms with E-state index in [-0.39, 0.29) is 0 Å². The van der Waals surface area contributed by atoms with Crippen molar-refractivity contribution in [2.75, 3.05) is 45.7 Å². The van der Waals surface area contributed by atoms with Crippen LogP contribution in [0.3, 0.4) is 0 Å². The molecule has 160 valence electrons. The van der Waals surface area contributed by atoms with Gasteiger partial charge in [0.15, 0.2) is 0 Å². The second-order valence-corrected chi connectivity index (χ2v) is 8.87. The number of piperidine rings is 1. The Labute approximate surface area is 184 Å². The van der Waals surface area contributed by atoms with Crippen LogP contribution in [0.1, 0.15) is 30.4 Å². The van der Waals surface area contributed by atoms with Crippen molar-refractivity contribution >= 4 is 17.8 Å². The minimum atomic E-state index is 0.723. The number of rotatable bonds is 8. The van der Waals surface area contributed by atoms with Crippen LogP contribution in [-0.2, 0) is 6.42 Å². The molecule has 1 saturated heterocycles. The van der Waals surface area contributed by atoms with E-state index in [0.717, 1.165) is 49.2 Å². The van der Waals surface area contributed by atoms with Crippen molar-refractivity contribution in [1.29, 1.82) is 0 Å². The summed E-state index contributed by atoms with van der Waals surface area (Å²) in [6, 6.07) is 12.5. The van der Waals surface area contributed by atoms with Gasteiger partial charge in [-0.15, -0.1) is 11.8 Å². The highest BCUT2D eigenvalue weighted by Crippen LogP contribution is 2.38. The largest absolute Gasteiger partial charge is 0.497 e. The highest BCUT2D eigenvalue weighted by molar-refractivity contribution is 7.99. The van der Waals surface area contributed by atoms with E-state index in [0.29, 0.717) is 0 Å². The Kier molecular flexibility index (Phi) is 7.59. The summed E-state index contributed by atoms with van der Waals surface area (Å²) in [6.45, 7) is 4.88. The third kappa shape index (κ3) is 5.73. The average molecular weight is 426 g/mol. The number of likely N-dealkylation sites (tertiary alicyclic amines) is 1. The molecule has 2 heterocycles. The zero-order valence-corrected chi connectivity index (χ0v) is 18.6. The number of methoxy groups -OCH3 is 1. The van der Waals surface area contributed by atoms with Crippen LogP contribution in [0.5, 0.6) is 17.2 Å². The molecular weight excluding hydrogens is 394 g/mol. The normalized spacial score (nSPS) is 16.8. The van der Waals surface area contributed by atoms with Gasteiger partial charge in [-0.25, -0.2) is 0 Å². The van der Waals surface area contributed by atoms with Gasteiger partial charge in [0.05, 0.1) is 18.6 Å². The number of benzene rings is 2. The first-order valence-corrected chi connectivity index (χ1v) is 11.9. The molecule has 0 N–H and O–H groups in total. The lowest BCUT2D eigenvalue weighted by molar-refractivity contribution is 0.182. The Bertz CT molecular complexity index is 844. The van der Waals surface area contributed by atoms with Crippen LogP contribution in [0.25, 0.3) is 6.08 Å². The number of thioether (sulfide) groups is 1. The van der Waals surface area contributed by atoms with Crippen molar-refractivity contribution < 1.29 is 14.2 Å². The van der Waals surface area contributed by atoms with E-state index in [1.54, 1.807) is 7.11 Å². The maximum absolute atomic E-state index is 6.26. The van der Waals surface area contributed by atoms with Crippen molar-refractivity contribution in [3.8, 4) is 17.2 Å². The van der Waals surface area contributed by atoms with Gasteiger partial charge >= 0.3 is 0 Å². The number of ether oxygens (including phenoxy) is 3. The quantitative estimate of drug-likeness (QED) is 0.573. The van der Waals surface area contributed by atoms with Gasteiger partial charge < -0.3 is 14.2 Å². The molecule has 0 saturated carbocycles. The van der Waals surface area contributed by atoms with Crippen LogP contribution in [-0.4, -0.2) is 50.6 Å². The van der Waals surface area contributed by atoms with E-state index in [9.17, 15) is 0 Å². The molecule has 0 amide bonds. The molecule has 5 heteroatoms. The first-order valence-electron chi connectivity index (χ1n) is 10.9. The summed E-state index contributed by atoms with van der Waals surface area (Å²) >= 11 is 1.87. The Balaban J connectivity index is 1.43. The highest BCUT2D eigenvalue weighted by atomic mass is 32.2. The van der Waals surface area contributed by atoms with E-state index in [4.69, 9.17) is 14.2 Å². The van der Waals surface area contributed by atoms with Gasteiger partial charge in [-0.2, -0.15) is 0 Å². The Morgan fingerprint density at radius 2 is 1.93 bits per heavy atom. The third-order valence-corrected chi connectivity index (χ3v) is 6.60. The average Bonchev–Trinajstić information content (AvgIpc) is 2.80. The lowest BCUT2D eigenvalue weighted by atomic mass is 10.1. The van der Waals surface area contributed by atoms with Gasteiger partial charge in [0, 0.05) is 18.4 Å². The van der Waals surface area contributed by atoms with E-state index in [2.05, 4.69) is 41.3 Å². The third-order valence-electron chi connectivity index (χ3n) is 5.60. The maximum Gasteiger partial charge on any atom is 0.136 e. The molecule has 0 aromatic heterocycles. The molecule has 0 bridgehead atoms. The fourth-order valence-corrected chi connectivity index (χ4v) is 4.78. The molecule has 4 nitrogen and oxygen atoms in total. The predicted molar refractivity (Wildman–Crippen MR) is 124 cm³/mol. The van der Waals surface area contributed by atoms with Crippen molar-refractivity contribution in [2.24, 2.45) is 0 Å². The summed E-state index contributed by atoms with van der Waals surface area (Å²) in [5.74, 6) is 3.79. The second-order valence-electron chi connectivity index (χ2n) is 7.73. The predicted octanol–water partition coefficient (Wildman–Crippen LogP) is 5.30. The topological polar surface area (TPSA) is 30.9 Å². The monoisotopic (exact) mass is 425 g/mol. The van der Waals surface area contributed by atoms with E-state index < -0.39 is 0 Å². The highest BCUT2D eigenvalue weighted by Gasteiger charge is 2.16. The smallest absolute Gasteiger partial charge is 0.136 e. The van der Waals surface area contributed by atoms with Crippen LogP contribution >= 0.6 is 11.8 Å². The van der Waals surface area contributed by atoms with Crippen molar-refractivity contribution in [1.82, 2.24) is 4.90 Å². The molecular formula is C25H31NO3S. The number of hydrogen-bond acceptors (Lipinski definition) is 5. The van der Waals surface area contributed by atoms with E-state index in [1.807, 2.05) is 23.9 Å². The van der Waals surface area contributed by atoms with Crippen LogP contribution in [0.15, 0.2) is 47.4 Å². The first kappa shape index (κ1) is 21.1. The summed E-state index contributed by atoms with van der Waals surface area (Å²) in [7, 11) is 1.69. The van der Waals surface area contributed by atoms with Gasteiger partial charge in [0.25, 0.3) is 0 Å². The summed E-state index contributed by atoms with van der Waals surface area (Å²) in [6.07, 6.45) is 9.17. The standard InChI is InChI=1S/C25H31NO3S/c1-27-22-10-8-20(9-11-22)6-5-7-21-18-25-24(29-16-17-30-25)19-23(21)28-15-14-26-12-3-2-4-13-26/h5-6,8-11,18-19H,2-4,7,12-17H2,1H3/b6-5+. The van der Waals surface area contributed by atoms with Gasteiger partial charge in [-0.05, 0) is 61.7 Å². The van der Waals surface area contributed by atoms with E-state index in [1.165, 1.54) is 48.4 Å². The minimum absolute atomic E-state index is 0.723. The molecule has 0 unspecified atom stereocenters. The Hall–Kier alpha value is -2.11. The molecule has 0 spiro atoms. The second kappa shape index (κ2) is 10.8. The summed E-state index contributed by atoms with van der Waals surface area (Å²) in [5.41, 5.74) is 2.38. The van der Waals surface area contributed by atoms with Crippen LogP contribution < -0.4 is 14.2 Å². The van der Waals surface area contributed by atoms with Crippen LogP contribution in [0.4, 0.5) is 0 Å². The van der Waals surface area contributed by atoms with Gasteiger partial charge in [-0.3, -0.25) is 4.90 Å². The molecule has 2 aliphatic heterocycles. The van der Waals surface area contributed by atoms with Crippen molar-refractivity contribution in [3.05, 3.63) is 53.6 Å². The lowest BCUT2D eigenvalue weighted by Gasteiger charge is -2.26. The van der Waals surface area contributed by atoms with Gasteiger partial charge in [0.1, 0.15) is 23.9 Å². The van der Waals surface area contributed by atoms with Crippen molar-refractivity contribution in [2.45, 2.75) is 30.6 Å². The van der Waals surface area contributed by atoms with Gasteiger partial charge in [0.2, 0.25) is 0 Å². The summed E-state index contributed by atoms with van der Waals surface area (Å²) < 4.78 is 17.4. The Morgan fingerprint density at radius 1 is 1.10 bits per heavy atom. The fourth-order valence-electron chi connectivity index (χ4n) is 3.91. The lowest BCUT2D eigenvalue weighted by Crippen LogP contribution is -2.33. The SMILES string of the molecule is COc1ccc(/C=C/Cc2cc3c(cc2OCCN2CCCCC2)OCCS3)cc1. The molecule has 0 aliphatic carbocycles. The molecule has 30 heavy (non-hydrogen) atoms. The molecule has 0 atom stereocenters. The zero-order chi connectivity index (χ0) is 20.6. The molecule has 2 aliphatic rings. The van der Waals surface area contributed by atoms with Gasteiger partial charge in [-0.1, -0.05) is 30.7 Å². The minimum Gasteiger partial charge on any atom is -0.497 e. The molecule has 2 aromatic carbocycles. The summed E-state index contributed by atoms with van der Waals surface area (Å²) in [5, 5.41) is 0. The number of allylic oxidation sites excluding steroid dienone is 1. The van der Waals surface area contributed by atoms with Crippen LogP contribution in [0.2, 0.25) is 0 Å². The number of fused-ring (bicyclic) bond motifs is 1. The molecule has 2 aromatic rings. The number of nitrogens with zero attached hydrogens (tertiary/aromatic N) is 1. The molecule has 4 rings (SSSR count). The maximum atomic E-state index is 6.26. The Morgan fingerprint density at radius 3 is 2.73 bits per heavy atom. The van der Waals surface area contributed by atoms with Crippen molar-refractivity contribution in [3.63, 3.8) is 0 Å². The number of hydrogen-bond donors (Lipinski definition) is 0.